The van der Waals surface area contributed by atoms with E-state index in [9.17, 15) is 4.79 Å². The average molecular weight is 447 g/mol. The number of hydrogen-bond acceptors (Lipinski definition) is 3. The first-order valence-electron chi connectivity index (χ1n) is 12.6. The molecule has 0 spiro atoms. The molecule has 0 bridgehead atoms. The molecule has 2 unspecified atom stereocenters. The van der Waals surface area contributed by atoms with Crippen molar-refractivity contribution in [1.29, 1.82) is 0 Å². The molecule has 2 aromatic rings. The third-order valence-corrected chi connectivity index (χ3v) is 7.11. The Hall–Kier alpha value is -2.59. The van der Waals surface area contributed by atoms with Gasteiger partial charge in [0.15, 0.2) is 0 Å². The Balaban J connectivity index is 1.51. The van der Waals surface area contributed by atoms with Gasteiger partial charge in [0.05, 0.1) is 6.61 Å². The molecule has 2 heterocycles. The van der Waals surface area contributed by atoms with Crippen molar-refractivity contribution in [1.82, 2.24) is 4.90 Å². The number of ether oxygens (including phenoxy) is 1. The Kier molecular flexibility index (Phi) is 7.54. The molecule has 4 heteroatoms. The number of benzene rings is 2. The molecule has 0 saturated heterocycles. The number of amides is 1. The van der Waals surface area contributed by atoms with Crippen LogP contribution in [0.25, 0.3) is 5.57 Å². The van der Waals surface area contributed by atoms with Crippen LogP contribution in [0.15, 0.2) is 54.6 Å². The van der Waals surface area contributed by atoms with Crippen LogP contribution in [0.5, 0.6) is 5.75 Å². The predicted molar refractivity (Wildman–Crippen MR) is 137 cm³/mol. The topological polar surface area (TPSA) is 32.8 Å². The summed E-state index contributed by atoms with van der Waals surface area (Å²) in [5.74, 6) is 1.46. The van der Waals surface area contributed by atoms with Crippen molar-refractivity contribution in [3.8, 4) is 5.75 Å². The second-order valence-corrected chi connectivity index (χ2v) is 9.53. The molecule has 1 amide bonds. The van der Waals surface area contributed by atoms with Gasteiger partial charge < -0.3 is 9.64 Å². The Morgan fingerprint density at radius 2 is 1.91 bits per heavy atom. The van der Waals surface area contributed by atoms with E-state index < -0.39 is 0 Å². The summed E-state index contributed by atoms with van der Waals surface area (Å²) in [5.41, 5.74) is 5.16. The number of rotatable bonds is 8. The van der Waals surface area contributed by atoms with Gasteiger partial charge in [0.2, 0.25) is 5.91 Å². The molecule has 4 rings (SSSR count). The fourth-order valence-electron chi connectivity index (χ4n) is 5.40. The fourth-order valence-corrected chi connectivity index (χ4v) is 5.40. The maximum atomic E-state index is 13.2. The fraction of sp³-hybridized carbons (Fsp3) is 0.483. The van der Waals surface area contributed by atoms with Gasteiger partial charge in [0.1, 0.15) is 5.75 Å². The van der Waals surface area contributed by atoms with Crippen LogP contribution in [-0.2, 0) is 4.79 Å². The molecule has 2 aliphatic rings. The lowest BCUT2D eigenvalue weighted by Crippen LogP contribution is -2.42. The van der Waals surface area contributed by atoms with Crippen molar-refractivity contribution in [3.05, 3.63) is 65.7 Å². The van der Waals surface area contributed by atoms with Crippen molar-refractivity contribution >= 4 is 17.2 Å². The number of hydrogen-bond donors (Lipinski definition) is 0. The SMILES string of the molecule is CCOc1ccc2c(c1)C(CCN1CC=C(c3ccccc3)CC1)C(CC)N2C(=O)C(C)C. The summed E-state index contributed by atoms with van der Waals surface area (Å²) < 4.78 is 5.82. The molecule has 0 radical (unpaired) electrons. The van der Waals surface area contributed by atoms with Crippen LogP contribution in [0.4, 0.5) is 5.69 Å². The first-order chi connectivity index (χ1) is 16.0. The van der Waals surface area contributed by atoms with E-state index in [0.717, 1.165) is 50.3 Å². The van der Waals surface area contributed by atoms with Gasteiger partial charge in [-0.15, -0.1) is 0 Å². The van der Waals surface area contributed by atoms with Gasteiger partial charge >= 0.3 is 0 Å². The number of carbonyl (C=O) groups excluding carboxylic acids is 1. The van der Waals surface area contributed by atoms with Crippen LogP contribution >= 0.6 is 0 Å². The average Bonchev–Trinajstić information content (AvgIpc) is 3.15. The van der Waals surface area contributed by atoms with Crippen molar-refractivity contribution < 1.29 is 9.53 Å². The molecular weight excluding hydrogens is 408 g/mol. The largest absolute Gasteiger partial charge is 0.494 e. The van der Waals surface area contributed by atoms with Gasteiger partial charge in [-0.25, -0.2) is 0 Å². The first-order valence-corrected chi connectivity index (χ1v) is 12.6. The smallest absolute Gasteiger partial charge is 0.229 e. The standard InChI is InChI=1S/C29H38N2O2/c1-5-27-25(16-19-30-17-14-23(15-18-30)22-10-8-7-9-11-22)26-20-24(33-6-2)12-13-28(26)31(27)29(32)21(3)4/h7-14,20-21,25,27H,5-6,15-19H2,1-4H3. The van der Waals surface area contributed by atoms with E-state index in [2.05, 4.69) is 65.3 Å². The number of carbonyl (C=O) groups is 1. The predicted octanol–water partition coefficient (Wildman–Crippen LogP) is 6.13. The van der Waals surface area contributed by atoms with E-state index in [1.54, 1.807) is 0 Å². The summed E-state index contributed by atoms with van der Waals surface area (Å²) in [7, 11) is 0. The second kappa shape index (κ2) is 10.6. The van der Waals surface area contributed by atoms with Gasteiger partial charge in [-0.2, -0.15) is 0 Å². The monoisotopic (exact) mass is 446 g/mol. The van der Waals surface area contributed by atoms with Crippen LogP contribution < -0.4 is 9.64 Å². The molecule has 0 N–H and O–H groups in total. The molecule has 176 valence electrons. The van der Waals surface area contributed by atoms with Gasteiger partial charge in [-0.05, 0) is 67.6 Å². The summed E-state index contributed by atoms with van der Waals surface area (Å²) in [6, 6.07) is 17.2. The highest BCUT2D eigenvalue weighted by Crippen LogP contribution is 2.46. The zero-order chi connectivity index (χ0) is 23.4. The van der Waals surface area contributed by atoms with Crippen molar-refractivity contribution in [2.75, 3.05) is 31.1 Å². The summed E-state index contributed by atoms with van der Waals surface area (Å²) in [5, 5.41) is 0. The van der Waals surface area contributed by atoms with Gasteiger partial charge in [-0.3, -0.25) is 9.69 Å². The van der Waals surface area contributed by atoms with E-state index >= 15 is 0 Å². The summed E-state index contributed by atoms with van der Waals surface area (Å²) >= 11 is 0. The first kappa shape index (κ1) is 23.6. The summed E-state index contributed by atoms with van der Waals surface area (Å²) in [4.78, 5) is 17.8. The Bertz CT molecular complexity index is 982. The maximum absolute atomic E-state index is 13.2. The second-order valence-electron chi connectivity index (χ2n) is 9.53. The summed E-state index contributed by atoms with van der Waals surface area (Å²) in [6.07, 6.45) is 5.49. The van der Waals surface area contributed by atoms with E-state index in [4.69, 9.17) is 4.74 Å². The van der Waals surface area contributed by atoms with Gasteiger partial charge in [0, 0.05) is 36.7 Å². The van der Waals surface area contributed by atoms with Gasteiger partial charge in [-0.1, -0.05) is 57.2 Å². The maximum Gasteiger partial charge on any atom is 0.229 e. The van der Waals surface area contributed by atoms with E-state index in [1.165, 1.54) is 16.7 Å². The normalized spacial score (nSPS) is 20.6. The highest BCUT2D eigenvalue weighted by atomic mass is 16.5. The molecule has 2 aromatic carbocycles. The van der Waals surface area contributed by atoms with Crippen LogP contribution in [0.3, 0.4) is 0 Å². The molecule has 33 heavy (non-hydrogen) atoms. The lowest BCUT2D eigenvalue weighted by Gasteiger charge is -2.31. The minimum atomic E-state index is -0.0131. The van der Waals surface area contributed by atoms with Crippen molar-refractivity contribution in [3.63, 3.8) is 0 Å². The third kappa shape index (κ3) is 5.01. The lowest BCUT2D eigenvalue weighted by atomic mass is 9.89. The molecule has 2 atom stereocenters. The zero-order valence-electron chi connectivity index (χ0n) is 20.6. The number of nitrogens with zero attached hydrogens (tertiary/aromatic N) is 2. The highest BCUT2D eigenvalue weighted by molar-refractivity contribution is 5.98. The Morgan fingerprint density at radius 1 is 1.12 bits per heavy atom. The lowest BCUT2D eigenvalue weighted by molar-refractivity contribution is -0.121. The molecule has 0 aromatic heterocycles. The van der Waals surface area contributed by atoms with Crippen LogP contribution in [0, 0.1) is 5.92 Å². The van der Waals surface area contributed by atoms with Crippen LogP contribution in [-0.4, -0.2) is 43.1 Å². The quantitative estimate of drug-likeness (QED) is 0.489. The van der Waals surface area contributed by atoms with E-state index in [1.807, 2.05) is 26.8 Å². The van der Waals surface area contributed by atoms with Crippen LogP contribution in [0.1, 0.15) is 64.0 Å². The molecule has 4 nitrogen and oxygen atoms in total. The van der Waals surface area contributed by atoms with Crippen molar-refractivity contribution in [2.45, 2.75) is 58.9 Å². The Labute approximate surface area is 199 Å². The molecule has 2 aliphatic heterocycles. The minimum absolute atomic E-state index is 0.0131. The third-order valence-electron chi connectivity index (χ3n) is 7.11. The van der Waals surface area contributed by atoms with Crippen molar-refractivity contribution in [2.24, 2.45) is 5.92 Å². The molecular formula is C29H38N2O2. The Morgan fingerprint density at radius 3 is 2.55 bits per heavy atom. The molecule has 0 aliphatic carbocycles. The zero-order valence-corrected chi connectivity index (χ0v) is 20.6. The van der Waals surface area contributed by atoms with Gasteiger partial charge in [0.25, 0.3) is 0 Å². The number of fused-ring (bicyclic) bond motifs is 1. The van der Waals surface area contributed by atoms with E-state index in [-0.39, 0.29) is 17.9 Å². The minimum Gasteiger partial charge on any atom is -0.494 e. The summed E-state index contributed by atoms with van der Waals surface area (Å²) in [6.45, 7) is 12.0. The molecule has 0 saturated carbocycles. The molecule has 0 fully saturated rings. The number of anilines is 1. The van der Waals surface area contributed by atoms with Crippen LogP contribution in [0.2, 0.25) is 0 Å². The highest BCUT2D eigenvalue weighted by Gasteiger charge is 2.41. The van der Waals surface area contributed by atoms with E-state index in [0.29, 0.717) is 12.5 Å².